The molecule has 0 radical (unpaired) electrons. The minimum atomic E-state index is -0.288. The molecule has 3 rings (SSSR count). The Labute approximate surface area is 132 Å². The molecule has 0 atom stereocenters. The summed E-state index contributed by atoms with van der Waals surface area (Å²) in [4.78, 5) is 8.24. The average molecular weight is 324 g/mol. The molecule has 1 aromatic carbocycles. The molecule has 116 valence electrons. The van der Waals surface area contributed by atoms with Crippen LogP contribution in [0.3, 0.4) is 0 Å². The van der Waals surface area contributed by atoms with E-state index >= 15 is 0 Å². The summed E-state index contributed by atoms with van der Waals surface area (Å²) in [6.45, 7) is 2.91. The van der Waals surface area contributed by atoms with Crippen LogP contribution in [0.15, 0.2) is 18.2 Å². The van der Waals surface area contributed by atoms with Crippen LogP contribution in [0.2, 0.25) is 5.15 Å². The fraction of sp³-hybridized carbons (Fsp3) is 0.333. The van der Waals surface area contributed by atoms with E-state index in [9.17, 15) is 4.39 Å². The lowest BCUT2D eigenvalue weighted by Gasteiger charge is -2.21. The van der Waals surface area contributed by atoms with Gasteiger partial charge in [-0.3, -0.25) is 0 Å². The average Bonchev–Trinajstić information content (AvgIpc) is 2.46. The third kappa shape index (κ3) is 3.45. The molecule has 0 unspecified atom stereocenters. The number of aryl methyl sites for hydroxylation is 1. The predicted molar refractivity (Wildman–Crippen MR) is 80.7 cm³/mol. The van der Waals surface area contributed by atoms with E-state index in [1.165, 1.54) is 12.1 Å². The van der Waals surface area contributed by atoms with Crippen molar-refractivity contribution in [3.63, 3.8) is 0 Å². The van der Waals surface area contributed by atoms with E-state index in [2.05, 4.69) is 15.3 Å². The second kappa shape index (κ2) is 6.46. The molecule has 0 spiro atoms. The summed E-state index contributed by atoms with van der Waals surface area (Å²) in [7, 11) is 0. The van der Waals surface area contributed by atoms with Crippen LogP contribution in [0.25, 0.3) is 0 Å². The third-order valence-corrected chi connectivity index (χ3v) is 3.45. The molecule has 2 heterocycles. The number of ether oxygens (including phenoxy) is 2. The van der Waals surface area contributed by atoms with Crippen LogP contribution in [0.4, 0.5) is 10.2 Å². The summed E-state index contributed by atoms with van der Waals surface area (Å²) in [6, 6.07) is 4.59. The first-order valence-electron chi connectivity index (χ1n) is 6.89. The second-order valence-corrected chi connectivity index (χ2v) is 5.35. The van der Waals surface area contributed by atoms with Crippen LogP contribution < -0.4 is 10.1 Å². The van der Waals surface area contributed by atoms with Gasteiger partial charge >= 0.3 is 0 Å². The topological polar surface area (TPSA) is 56.3 Å². The van der Waals surface area contributed by atoms with Gasteiger partial charge in [0.1, 0.15) is 28.4 Å². The van der Waals surface area contributed by atoms with Gasteiger partial charge in [0.05, 0.1) is 6.61 Å². The predicted octanol–water partition coefficient (Wildman–Crippen LogP) is 3.10. The maximum Gasteiger partial charge on any atom is 0.189 e. The number of halogens is 2. The zero-order valence-electron chi connectivity index (χ0n) is 12.0. The summed E-state index contributed by atoms with van der Waals surface area (Å²) in [5.41, 5.74) is 1.55. The van der Waals surface area contributed by atoms with Gasteiger partial charge in [-0.15, -0.1) is 0 Å². The van der Waals surface area contributed by atoms with Gasteiger partial charge in [-0.25, -0.2) is 14.4 Å². The molecule has 0 aliphatic carbocycles. The highest BCUT2D eigenvalue weighted by Gasteiger charge is 2.16. The van der Waals surface area contributed by atoms with E-state index in [1.54, 1.807) is 13.0 Å². The van der Waals surface area contributed by atoms with Gasteiger partial charge in [-0.2, -0.15) is 0 Å². The number of hydrogen-bond donors (Lipinski definition) is 1. The van der Waals surface area contributed by atoms with Gasteiger partial charge in [-0.1, -0.05) is 11.6 Å². The number of anilines is 1. The first-order valence-corrected chi connectivity index (χ1v) is 7.26. The first-order chi connectivity index (χ1) is 10.6. The summed E-state index contributed by atoms with van der Waals surface area (Å²) >= 11 is 5.89. The van der Waals surface area contributed by atoms with Crippen molar-refractivity contribution in [2.45, 2.75) is 20.0 Å². The van der Waals surface area contributed by atoms with Crippen LogP contribution in [-0.2, 0) is 17.8 Å². The van der Waals surface area contributed by atoms with Crippen LogP contribution >= 0.6 is 11.6 Å². The second-order valence-electron chi connectivity index (χ2n) is 4.96. The third-order valence-electron chi connectivity index (χ3n) is 3.26. The minimum Gasteiger partial charge on any atom is -0.467 e. The molecule has 0 fully saturated rings. The van der Waals surface area contributed by atoms with Crippen molar-refractivity contribution < 1.29 is 13.9 Å². The molecule has 1 aromatic heterocycles. The molecule has 5 nitrogen and oxygen atoms in total. The van der Waals surface area contributed by atoms with E-state index in [1.807, 2.05) is 0 Å². The van der Waals surface area contributed by atoms with Crippen molar-refractivity contribution in [3.8, 4) is 5.75 Å². The maximum absolute atomic E-state index is 13.6. The molecule has 2 aromatic rings. The monoisotopic (exact) mass is 323 g/mol. The first kappa shape index (κ1) is 15.0. The molecule has 0 saturated heterocycles. The number of rotatable bonds is 4. The Morgan fingerprint density at radius 1 is 1.32 bits per heavy atom. The van der Waals surface area contributed by atoms with Crippen molar-refractivity contribution in [1.29, 1.82) is 0 Å². The maximum atomic E-state index is 13.6. The standard InChI is InChI=1S/C15H15ClFN3O2/c1-9-19-13(16)6-14(20-9)18-3-2-10-4-12(17)5-11-7-21-8-22-15(10)11/h4-6H,2-3,7-8H2,1H3,(H,18,19,20). The summed E-state index contributed by atoms with van der Waals surface area (Å²) in [5, 5.41) is 3.54. The van der Waals surface area contributed by atoms with E-state index in [4.69, 9.17) is 21.1 Å². The molecule has 1 aliphatic rings. The number of aromatic nitrogens is 2. The van der Waals surface area contributed by atoms with E-state index in [0.29, 0.717) is 42.1 Å². The normalized spacial score (nSPS) is 13.4. The van der Waals surface area contributed by atoms with Gasteiger partial charge in [0.15, 0.2) is 6.79 Å². The fourth-order valence-corrected chi connectivity index (χ4v) is 2.62. The summed E-state index contributed by atoms with van der Waals surface area (Å²) in [5.74, 6) is 1.67. The number of fused-ring (bicyclic) bond motifs is 1. The SMILES string of the molecule is Cc1nc(Cl)cc(NCCc2cc(F)cc3c2OCOC3)n1. The largest absolute Gasteiger partial charge is 0.467 e. The molecule has 0 saturated carbocycles. The highest BCUT2D eigenvalue weighted by Crippen LogP contribution is 2.29. The quantitative estimate of drug-likeness (QED) is 0.876. The van der Waals surface area contributed by atoms with Gasteiger partial charge in [0.25, 0.3) is 0 Å². The molecular weight excluding hydrogens is 309 g/mol. The Morgan fingerprint density at radius 3 is 3.00 bits per heavy atom. The number of nitrogens with one attached hydrogen (secondary N) is 1. The molecule has 7 heteroatoms. The Morgan fingerprint density at radius 2 is 2.18 bits per heavy atom. The molecule has 22 heavy (non-hydrogen) atoms. The van der Waals surface area contributed by atoms with Crippen molar-refractivity contribution in [1.82, 2.24) is 9.97 Å². The Balaban J connectivity index is 1.70. The highest BCUT2D eigenvalue weighted by atomic mass is 35.5. The van der Waals surface area contributed by atoms with Crippen molar-refractivity contribution >= 4 is 17.4 Å². The van der Waals surface area contributed by atoms with Crippen LogP contribution in [-0.4, -0.2) is 23.3 Å². The lowest BCUT2D eigenvalue weighted by atomic mass is 10.1. The van der Waals surface area contributed by atoms with Gasteiger partial charge in [0, 0.05) is 18.2 Å². The number of benzene rings is 1. The zero-order chi connectivity index (χ0) is 15.5. The molecule has 0 amide bonds. The fourth-order valence-electron chi connectivity index (χ4n) is 2.39. The molecule has 1 aliphatic heterocycles. The molecule has 0 bridgehead atoms. The highest BCUT2D eigenvalue weighted by molar-refractivity contribution is 6.29. The summed E-state index contributed by atoms with van der Waals surface area (Å²) in [6.07, 6.45) is 0.598. The smallest absolute Gasteiger partial charge is 0.189 e. The Bertz CT molecular complexity index is 676. The van der Waals surface area contributed by atoms with Gasteiger partial charge in [-0.05, 0) is 31.0 Å². The van der Waals surface area contributed by atoms with Crippen LogP contribution in [0, 0.1) is 12.7 Å². The minimum absolute atomic E-state index is 0.194. The Kier molecular flexibility index (Phi) is 4.40. The zero-order valence-corrected chi connectivity index (χ0v) is 12.8. The number of hydrogen-bond acceptors (Lipinski definition) is 5. The lowest BCUT2D eigenvalue weighted by molar-refractivity contribution is -0.0172. The van der Waals surface area contributed by atoms with Crippen LogP contribution in [0.1, 0.15) is 17.0 Å². The van der Waals surface area contributed by atoms with Gasteiger partial charge < -0.3 is 14.8 Å². The lowest BCUT2D eigenvalue weighted by Crippen LogP contribution is -2.15. The molecule has 1 N–H and O–H groups in total. The van der Waals surface area contributed by atoms with Crippen molar-refractivity contribution in [3.05, 3.63) is 46.1 Å². The number of nitrogens with zero attached hydrogens (tertiary/aromatic N) is 2. The van der Waals surface area contributed by atoms with Crippen molar-refractivity contribution in [2.24, 2.45) is 0 Å². The summed E-state index contributed by atoms with van der Waals surface area (Å²) < 4.78 is 24.3. The van der Waals surface area contributed by atoms with E-state index in [0.717, 1.165) is 11.1 Å². The van der Waals surface area contributed by atoms with Gasteiger partial charge in [0.2, 0.25) is 0 Å². The van der Waals surface area contributed by atoms with E-state index < -0.39 is 0 Å². The van der Waals surface area contributed by atoms with Crippen molar-refractivity contribution in [2.75, 3.05) is 18.7 Å². The van der Waals surface area contributed by atoms with Crippen LogP contribution in [0.5, 0.6) is 5.75 Å². The Hall–Kier alpha value is -1.92. The molecular formula is C15H15ClFN3O2. The van der Waals surface area contributed by atoms with E-state index in [-0.39, 0.29) is 12.6 Å².